The second kappa shape index (κ2) is 7.88. The third kappa shape index (κ3) is 5.22. The maximum atomic E-state index is 3.59. The van der Waals surface area contributed by atoms with Gasteiger partial charge in [0.25, 0.3) is 0 Å². The summed E-state index contributed by atoms with van der Waals surface area (Å²) >= 11 is 0. The second-order valence-electron chi connectivity index (χ2n) is 5.51. The lowest BCUT2D eigenvalue weighted by Crippen LogP contribution is -2.25. The highest BCUT2D eigenvalue weighted by molar-refractivity contribution is 5.05. The molecule has 1 saturated heterocycles. The van der Waals surface area contributed by atoms with Crippen LogP contribution in [-0.4, -0.2) is 37.6 Å². The van der Waals surface area contributed by atoms with Crippen LogP contribution in [-0.2, 0) is 0 Å². The van der Waals surface area contributed by atoms with Crippen LogP contribution in [0, 0.1) is 0 Å². The monoisotopic (exact) mass is 236 g/mol. The van der Waals surface area contributed by atoms with E-state index in [4.69, 9.17) is 0 Å². The van der Waals surface area contributed by atoms with Gasteiger partial charge in [0, 0.05) is 0 Å². The predicted molar refractivity (Wildman–Crippen MR) is 74.3 cm³/mol. The van der Waals surface area contributed by atoms with Crippen molar-refractivity contribution in [1.82, 2.24) is 10.2 Å². The van der Waals surface area contributed by atoms with Gasteiger partial charge in [-0.15, -0.1) is 0 Å². The molecule has 0 saturated carbocycles. The molecule has 0 radical (unpaired) electrons. The summed E-state index contributed by atoms with van der Waals surface area (Å²) in [5.41, 5.74) is 1.70. The molecule has 1 fully saturated rings. The smallest absolute Gasteiger partial charge is 0.000664 e. The zero-order valence-corrected chi connectivity index (χ0v) is 11.2. The van der Waals surface area contributed by atoms with Crippen LogP contribution in [0.1, 0.15) is 51.4 Å². The van der Waals surface area contributed by atoms with E-state index < -0.39 is 0 Å². The average Bonchev–Trinajstić information content (AvgIpc) is 2.88. The van der Waals surface area contributed by atoms with Crippen LogP contribution in [0.4, 0.5) is 0 Å². The average molecular weight is 236 g/mol. The molecule has 0 spiro atoms. The minimum Gasteiger partial charge on any atom is -0.316 e. The maximum absolute atomic E-state index is 3.59. The second-order valence-corrected chi connectivity index (χ2v) is 5.51. The Kier molecular flexibility index (Phi) is 6.08. The first-order chi connectivity index (χ1) is 8.45. The molecular formula is C15H28N2. The van der Waals surface area contributed by atoms with Crippen molar-refractivity contribution in [2.75, 3.05) is 32.7 Å². The van der Waals surface area contributed by atoms with E-state index in [0.29, 0.717) is 0 Å². The quantitative estimate of drug-likeness (QED) is 0.540. The van der Waals surface area contributed by atoms with Crippen molar-refractivity contribution in [2.24, 2.45) is 0 Å². The summed E-state index contributed by atoms with van der Waals surface area (Å²) in [6.07, 6.45) is 13.4. The molecule has 2 nitrogen and oxygen atoms in total. The number of hydrogen-bond donors (Lipinski definition) is 1. The standard InChI is InChI=1S/C15H28N2/c1-2-7-15(8-3-1)9-11-16-10-6-14-17-12-4-5-13-17/h7,16H,1-6,8-14H2. The molecule has 2 heteroatoms. The lowest BCUT2D eigenvalue weighted by Gasteiger charge is -2.15. The van der Waals surface area contributed by atoms with Gasteiger partial charge in [-0.3, -0.25) is 0 Å². The minimum absolute atomic E-state index is 1.19. The molecule has 1 heterocycles. The van der Waals surface area contributed by atoms with E-state index in [0.717, 1.165) is 0 Å². The number of allylic oxidation sites excluding steroid dienone is 1. The third-order valence-corrected chi connectivity index (χ3v) is 4.03. The Morgan fingerprint density at radius 3 is 2.71 bits per heavy atom. The molecule has 0 aromatic carbocycles. The Bertz CT molecular complexity index is 229. The topological polar surface area (TPSA) is 15.3 Å². The molecule has 0 aromatic heterocycles. The SMILES string of the molecule is C1=C(CCNCCCN2CCCC2)CCCC1. The minimum atomic E-state index is 1.19. The van der Waals surface area contributed by atoms with E-state index in [1.165, 1.54) is 84.1 Å². The van der Waals surface area contributed by atoms with Crippen molar-refractivity contribution >= 4 is 0 Å². The summed E-state index contributed by atoms with van der Waals surface area (Å²) in [6.45, 7) is 6.37. The third-order valence-electron chi connectivity index (χ3n) is 4.03. The van der Waals surface area contributed by atoms with Crippen LogP contribution in [0.25, 0.3) is 0 Å². The van der Waals surface area contributed by atoms with E-state index in [9.17, 15) is 0 Å². The highest BCUT2D eigenvalue weighted by atomic mass is 15.1. The summed E-state index contributed by atoms with van der Waals surface area (Å²) < 4.78 is 0. The number of nitrogens with zero attached hydrogens (tertiary/aromatic N) is 1. The van der Waals surface area contributed by atoms with E-state index in [1.807, 2.05) is 0 Å². The van der Waals surface area contributed by atoms with E-state index >= 15 is 0 Å². The van der Waals surface area contributed by atoms with Crippen LogP contribution in [0.15, 0.2) is 11.6 Å². The van der Waals surface area contributed by atoms with Gasteiger partial charge in [-0.05, 0) is 84.1 Å². The number of hydrogen-bond acceptors (Lipinski definition) is 2. The fraction of sp³-hybridized carbons (Fsp3) is 0.867. The van der Waals surface area contributed by atoms with Crippen molar-refractivity contribution in [2.45, 2.75) is 51.4 Å². The Hall–Kier alpha value is -0.340. The van der Waals surface area contributed by atoms with E-state index in [1.54, 1.807) is 5.57 Å². The molecule has 0 unspecified atom stereocenters. The fourth-order valence-electron chi connectivity index (χ4n) is 2.94. The van der Waals surface area contributed by atoms with Crippen LogP contribution in [0.3, 0.4) is 0 Å². The van der Waals surface area contributed by atoms with Gasteiger partial charge in [-0.2, -0.15) is 0 Å². The molecule has 0 aromatic rings. The molecular weight excluding hydrogens is 208 g/mol. The molecule has 2 aliphatic rings. The van der Waals surface area contributed by atoms with Gasteiger partial charge >= 0.3 is 0 Å². The summed E-state index contributed by atoms with van der Waals surface area (Å²) in [5, 5.41) is 3.59. The molecule has 1 aliphatic heterocycles. The van der Waals surface area contributed by atoms with Gasteiger partial charge in [-0.25, -0.2) is 0 Å². The summed E-state index contributed by atoms with van der Waals surface area (Å²) in [7, 11) is 0. The van der Waals surface area contributed by atoms with Gasteiger partial charge in [0.05, 0.1) is 0 Å². The number of nitrogens with one attached hydrogen (secondary N) is 1. The molecule has 17 heavy (non-hydrogen) atoms. The maximum Gasteiger partial charge on any atom is -0.000664 e. The molecule has 98 valence electrons. The zero-order chi connectivity index (χ0) is 11.8. The van der Waals surface area contributed by atoms with Crippen molar-refractivity contribution in [3.8, 4) is 0 Å². The van der Waals surface area contributed by atoms with Gasteiger partial charge in [0.1, 0.15) is 0 Å². The fourth-order valence-corrected chi connectivity index (χ4v) is 2.94. The Morgan fingerprint density at radius 2 is 1.94 bits per heavy atom. The summed E-state index contributed by atoms with van der Waals surface area (Å²) in [4.78, 5) is 2.60. The lowest BCUT2D eigenvalue weighted by atomic mass is 9.97. The zero-order valence-electron chi connectivity index (χ0n) is 11.2. The van der Waals surface area contributed by atoms with Crippen LogP contribution in [0.2, 0.25) is 0 Å². The lowest BCUT2D eigenvalue weighted by molar-refractivity contribution is 0.331. The van der Waals surface area contributed by atoms with Crippen LogP contribution < -0.4 is 5.32 Å². The Balaban J connectivity index is 1.42. The van der Waals surface area contributed by atoms with Crippen molar-refractivity contribution in [3.05, 3.63) is 11.6 Å². The first kappa shape index (κ1) is 13.1. The van der Waals surface area contributed by atoms with Crippen LogP contribution >= 0.6 is 0 Å². The van der Waals surface area contributed by atoms with Gasteiger partial charge in [0.2, 0.25) is 0 Å². The normalized spacial score (nSPS) is 21.8. The van der Waals surface area contributed by atoms with Crippen molar-refractivity contribution in [3.63, 3.8) is 0 Å². The molecule has 0 atom stereocenters. The van der Waals surface area contributed by atoms with E-state index in [2.05, 4.69) is 16.3 Å². The molecule has 2 rings (SSSR count). The number of rotatable bonds is 7. The van der Waals surface area contributed by atoms with Gasteiger partial charge in [-0.1, -0.05) is 11.6 Å². The molecule has 1 N–H and O–H groups in total. The highest BCUT2D eigenvalue weighted by Gasteiger charge is 2.09. The highest BCUT2D eigenvalue weighted by Crippen LogP contribution is 2.19. The summed E-state index contributed by atoms with van der Waals surface area (Å²) in [5.74, 6) is 0. The predicted octanol–water partition coefficient (Wildman–Crippen LogP) is 2.95. The van der Waals surface area contributed by atoms with Crippen molar-refractivity contribution in [1.29, 1.82) is 0 Å². The molecule has 0 bridgehead atoms. The Morgan fingerprint density at radius 1 is 1.06 bits per heavy atom. The molecule has 1 aliphatic carbocycles. The first-order valence-corrected chi connectivity index (χ1v) is 7.56. The van der Waals surface area contributed by atoms with Gasteiger partial charge in [0.15, 0.2) is 0 Å². The van der Waals surface area contributed by atoms with Gasteiger partial charge < -0.3 is 10.2 Å². The van der Waals surface area contributed by atoms with Crippen molar-refractivity contribution < 1.29 is 0 Å². The summed E-state index contributed by atoms with van der Waals surface area (Å²) in [6, 6.07) is 0. The van der Waals surface area contributed by atoms with Crippen LogP contribution in [0.5, 0.6) is 0 Å². The number of likely N-dealkylation sites (tertiary alicyclic amines) is 1. The molecule has 0 amide bonds. The first-order valence-electron chi connectivity index (χ1n) is 7.56. The largest absolute Gasteiger partial charge is 0.316 e. The van der Waals surface area contributed by atoms with E-state index in [-0.39, 0.29) is 0 Å². The Labute approximate surface area is 106 Å².